The van der Waals surface area contributed by atoms with Crippen LogP contribution in [0.1, 0.15) is 9.67 Å². The summed E-state index contributed by atoms with van der Waals surface area (Å²) < 4.78 is 14.4. The van der Waals surface area contributed by atoms with Crippen molar-refractivity contribution in [1.29, 1.82) is 0 Å². The number of aromatic nitrogens is 2. The molecule has 6 nitrogen and oxygen atoms in total. The summed E-state index contributed by atoms with van der Waals surface area (Å²) in [5.74, 6) is 0.847. The molecule has 0 bridgehead atoms. The van der Waals surface area contributed by atoms with Gasteiger partial charge in [0.1, 0.15) is 22.1 Å². The maximum absolute atomic E-state index is 12.7. The van der Waals surface area contributed by atoms with Crippen LogP contribution in [0.3, 0.4) is 0 Å². The highest BCUT2D eigenvalue weighted by Gasteiger charge is 2.19. The lowest BCUT2D eigenvalue weighted by atomic mass is 10.1. The zero-order chi connectivity index (χ0) is 17.8. The summed E-state index contributed by atoms with van der Waals surface area (Å²) in [6.07, 6.45) is 0. The molecular weight excluding hydrogens is 362 g/mol. The molecule has 0 spiro atoms. The van der Waals surface area contributed by atoms with Gasteiger partial charge in [-0.05, 0) is 41.9 Å². The predicted molar refractivity (Wildman–Crippen MR) is 97.9 cm³/mol. The van der Waals surface area contributed by atoms with E-state index in [4.69, 9.17) is 21.1 Å². The van der Waals surface area contributed by atoms with Gasteiger partial charge < -0.3 is 14.8 Å². The molecule has 0 aliphatic heterocycles. The molecule has 8 heteroatoms. The molecule has 1 heterocycles. The van der Waals surface area contributed by atoms with Gasteiger partial charge in [-0.15, -0.1) is 5.10 Å². The molecule has 0 atom stereocenters. The van der Waals surface area contributed by atoms with Crippen LogP contribution in [0.4, 0.5) is 5.69 Å². The van der Waals surface area contributed by atoms with E-state index in [-0.39, 0.29) is 5.91 Å². The van der Waals surface area contributed by atoms with Gasteiger partial charge in [-0.3, -0.25) is 4.79 Å². The summed E-state index contributed by atoms with van der Waals surface area (Å²) in [6, 6.07) is 12.3. The maximum Gasteiger partial charge on any atom is 0.269 e. The highest BCUT2D eigenvalue weighted by atomic mass is 35.5. The highest BCUT2D eigenvalue weighted by Crippen LogP contribution is 2.31. The van der Waals surface area contributed by atoms with Gasteiger partial charge in [0.15, 0.2) is 0 Å². The van der Waals surface area contributed by atoms with Crippen LogP contribution in [-0.4, -0.2) is 29.7 Å². The fourth-order valence-electron chi connectivity index (χ4n) is 2.26. The van der Waals surface area contributed by atoms with Gasteiger partial charge in [-0.1, -0.05) is 28.2 Å². The minimum atomic E-state index is -0.339. The smallest absolute Gasteiger partial charge is 0.269 e. The number of methoxy groups -OCH3 is 2. The standard InChI is InChI=1S/C17H14ClN3O3S/c1-23-12-5-3-4-10(8-12)15-16(25-21-20-15)17(22)19-13-9-11(18)6-7-14(13)24-2/h3-9H,1-2H3,(H,19,22). The Hall–Kier alpha value is -2.64. The summed E-state index contributed by atoms with van der Waals surface area (Å²) in [5, 5.41) is 7.37. The molecule has 1 N–H and O–H groups in total. The van der Waals surface area contributed by atoms with E-state index in [9.17, 15) is 4.79 Å². The predicted octanol–water partition coefficient (Wildman–Crippen LogP) is 4.13. The lowest BCUT2D eigenvalue weighted by molar-refractivity contribution is 0.103. The van der Waals surface area contributed by atoms with Crippen LogP contribution in [0.15, 0.2) is 42.5 Å². The van der Waals surface area contributed by atoms with Crippen LogP contribution < -0.4 is 14.8 Å². The van der Waals surface area contributed by atoms with Gasteiger partial charge >= 0.3 is 0 Å². The zero-order valence-corrected chi connectivity index (χ0v) is 15.0. The fourth-order valence-corrected chi connectivity index (χ4v) is 3.01. The van der Waals surface area contributed by atoms with E-state index in [0.29, 0.717) is 32.8 Å². The van der Waals surface area contributed by atoms with Crippen molar-refractivity contribution in [1.82, 2.24) is 9.59 Å². The maximum atomic E-state index is 12.7. The second kappa shape index (κ2) is 7.50. The lowest BCUT2D eigenvalue weighted by Gasteiger charge is -2.10. The minimum Gasteiger partial charge on any atom is -0.497 e. The molecule has 0 unspecified atom stereocenters. The van der Waals surface area contributed by atoms with Crippen molar-refractivity contribution in [2.45, 2.75) is 0 Å². The minimum absolute atomic E-state index is 0.339. The van der Waals surface area contributed by atoms with E-state index in [2.05, 4.69) is 14.9 Å². The van der Waals surface area contributed by atoms with Gasteiger partial charge in [-0.2, -0.15) is 0 Å². The molecule has 0 saturated heterocycles. The Morgan fingerprint density at radius 1 is 1.16 bits per heavy atom. The first-order valence-corrected chi connectivity index (χ1v) is 8.39. The van der Waals surface area contributed by atoms with Gasteiger partial charge in [0.25, 0.3) is 5.91 Å². The van der Waals surface area contributed by atoms with Gasteiger partial charge in [0.2, 0.25) is 0 Å². The van der Waals surface area contributed by atoms with Gasteiger partial charge in [-0.25, -0.2) is 0 Å². The zero-order valence-electron chi connectivity index (χ0n) is 13.4. The number of amides is 1. The fraction of sp³-hybridized carbons (Fsp3) is 0.118. The highest BCUT2D eigenvalue weighted by molar-refractivity contribution is 7.08. The number of rotatable bonds is 5. The van der Waals surface area contributed by atoms with Gasteiger partial charge in [0.05, 0.1) is 19.9 Å². The van der Waals surface area contributed by atoms with Crippen LogP contribution in [0.25, 0.3) is 11.3 Å². The number of hydrogen-bond donors (Lipinski definition) is 1. The average molecular weight is 376 g/mol. The first-order chi connectivity index (χ1) is 12.1. The Kier molecular flexibility index (Phi) is 5.16. The van der Waals surface area contributed by atoms with E-state index in [1.807, 2.05) is 18.2 Å². The third-order valence-corrected chi connectivity index (χ3v) is 4.41. The Morgan fingerprint density at radius 2 is 2.00 bits per heavy atom. The largest absolute Gasteiger partial charge is 0.497 e. The summed E-state index contributed by atoms with van der Waals surface area (Å²) in [5.41, 5.74) is 1.71. The van der Waals surface area contributed by atoms with E-state index >= 15 is 0 Å². The molecule has 0 aliphatic rings. The SMILES string of the molecule is COc1cccc(-c2nnsc2C(=O)Nc2cc(Cl)ccc2OC)c1. The third kappa shape index (κ3) is 3.72. The number of benzene rings is 2. The second-order valence-electron chi connectivity index (χ2n) is 4.98. The Morgan fingerprint density at radius 3 is 2.76 bits per heavy atom. The van der Waals surface area contributed by atoms with Gasteiger partial charge in [0, 0.05) is 10.6 Å². The van der Waals surface area contributed by atoms with Crippen LogP contribution in [-0.2, 0) is 0 Å². The topological polar surface area (TPSA) is 73.3 Å². The Bertz CT molecular complexity index is 914. The van der Waals surface area contributed by atoms with Crippen LogP contribution in [0.2, 0.25) is 5.02 Å². The molecule has 2 aromatic carbocycles. The molecule has 1 aromatic heterocycles. The molecule has 0 aliphatic carbocycles. The first-order valence-electron chi connectivity index (χ1n) is 7.24. The molecule has 0 saturated carbocycles. The monoisotopic (exact) mass is 375 g/mol. The number of anilines is 1. The summed E-state index contributed by atoms with van der Waals surface area (Å²) >= 11 is 7.01. The van der Waals surface area contributed by atoms with E-state index in [0.717, 1.165) is 17.1 Å². The number of carbonyl (C=O) groups is 1. The molecule has 0 radical (unpaired) electrons. The third-order valence-electron chi connectivity index (χ3n) is 3.45. The number of nitrogens with zero attached hydrogens (tertiary/aromatic N) is 2. The molecule has 3 rings (SSSR count). The number of halogens is 1. The molecule has 25 heavy (non-hydrogen) atoms. The molecule has 1 amide bonds. The summed E-state index contributed by atoms with van der Waals surface area (Å²) in [7, 11) is 3.10. The second-order valence-corrected chi connectivity index (χ2v) is 6.17. The molecule has 128 valence electrons. The van der Waals surface area contributed by atoms with Crippen LogP contribution in [0.5, 0.6) is 11.5 Å². The van der Waals surface area contributed by atoms with E-state index in [1.165, 1.54) is 7.11 Å². The average Bonchev–Trinajstić information content (AvgIpc) is 3.12. The number of nitrogens with one attached hydrogen (secondary N) is 1. The first kappa shape index (κ1) is 17.2. The van der Waals surface area contributed by atoms with Crippen LogP contribution in [0, 0.1) is 0 Å². The summed E-state index contributed by atoms with van der Waals surface area (Å²) in [4.78, 5) is 13.1. The van der Waals surface area contributed by atoms with E-state index in [1.54, 1.807) is 31.4 Å². The number of hydrogen-bond acceptors (Lipinski definition) is 6. The van der Waals surface area contributed by atoms with Crippen molar-refractivity contribution >= 4 is 34.7 Å². The quantitative estimate of drug-likeness (QED) is 0.725. The normalized spacial score (nSPS) is 10.4. The Labute approximate surface area is 153 Å². The number of ether oxygens (including phenoxy) is 2. The van der Waals surface area contributed by atoms with Crippen molar-refractivity contribution < 1.29 is 14.3 Å². The van der Waals surface area contributed by atoms with Crippen molar-refractivity contribution in [2.24, 2.45) is 0 Å². The lowest BCUT2D eigenvalue weighted by Crippen LogP contribution is -2.12. The molecule has 0 fully saturated rings. The molecular formula is C17H14ClN3O3S. The van der Waals surface area contributed by atoms with Crippen molar-refractivity contribution in [3.8, 4) is 22.8 Å². The summed E-state index contributed by atoms with van der Waals surface area (Å²) in [6.45, 7) is 0. The Balaban J connectivity index is 1.92. The van der Waals surface area contributed by atoms with Crippen LogP contribution >= 0.6 is 23.1 Å². The van der Waals surface area contributed by atoms with E-state index < -0.39 is 0 Å². The molecule has 3 aromatic rings. The number of carbonyl (C=O) groups excluding carboxylic acids is 1. The van der Waals surface area contributed by atoms with Crippen molar-refractivity contribution in [2.75, 3.05) is 19.5 Å². The van der Waals surface area contributed by atoms with Crippen molar-refractivity contribution in [3.63, 3.8) is 0 Å². The van der Waals surface area contributed by atoms with Crippen molar-refractivity contribution in [3.05, 3.63) is 52.4 Å².